The molecule has 1 amide bonds. The van der Waals surface area contributed by atoms with Gasteiger partial charge in [-0.1, -0.05) is 30.3 Å². The maximum Gasteiger partial charge on any atom is 0.262 e. The van der Waals surface area contributed by atoms with Crippen molar-refractivity contribution < 1.29 is 23.8 Å². The molecule has 6 heteroatoms. The van der Waals surface area contributed by atoms with Crippen molar-refractivity contribution in [3.05, 3.63) is 83.9 Å². The highest BCUT2D eigenvalue weighted by Crippen LogP contribution is 2.29. The van der Waals surface area contributed by atoms with Crippen LogP contribution in [0.15, 0.2) is 72.8 Å². The summed E-state index contributed by atoms with van der Waals surface area (Å²) in [6.45, 7) is -0.179. The average molecular weight is 391 g/mol. The largest absolute Gasteiger partial charge is 0.497 e. The number of anilines is 1. The number of ketones is 1. The zero-order chi connectivity index (χ0) is 20.6. The van der Waals surface area contributed by atoms with Crippen molar-refractivity contribution >= 4 is 17.4 Å². The smallest absolute Gasteiger partial charge is 0.262 e. The van der Waals surface area contributed by atoms with Crippen LogP contribution in [-0.2, 0) is 4.79 Å². The highest BCUT2D eigenvalue weighted by molar-refractivity contribution is 6.09. The molecule has 148 valence electrons. The van der Waals surface area contributed by atoms with Crippen molar-refractivity contribution in [1.82, 2.24) is 0 Å². The number of rotatable bonds is 8. The number of carbonyl (C=O) groups excluding carboxylic acids is 2. The second-order valence-electron chi connectivity index (χ2n) is 6.12. The summed E-state index contributed by atoms with van der Waals surface area (Å²) in [6, 6.07) is 20.8. The van der Waals surface area contributed by atoms with Crippen LogP contribution in [0.3, 0.4) is 0 Å². The summed E-state index contributed by atoms with van der Waals surface area (Å²) in [4.78, 5) is 24.6. The molecule has 1 N–H and O–H groups in total. The Bertz CT molecular complexity index is 984. The van der Waals surface area contributed by atoms with Gasteiger partial charge in [0, 0.05) is 17.2 Å². The number of hydrogen-bond donors (Lipinski definition) is 1. The molecule has 0 aliphatic heterocycles. The fourth-order valence-corrected chi connectivity index (χ4v) is 2.70. The first-order chi connectivity index (χ1) is 14.1. The summed E-state index contributed by atoms with van der Waals surface area (Å²) in [5.41, 5.74) is 1.69. The average Bonchev–Trinajstić information content (AvgIpc) is 2.78. The summed E-state index contributed by atoms with van der Waals surface area (Å²) in [6.07, 6.45) is 0. The van der Waals surface area contributed by atoms with Gasteiger partial charge in [-0.2, -0.15) is 0 Å². The molecule has 3 rings (SSSR count). The molecule has 6 nitrogen and oxygen atoms in total. The standard InChI is InChI=1S/C23H21NO5/c1-27-19-12-13-20(21(14-19)28-2)24-22(25)15-29-18-10-8-17(9-11-18)23(26)16-6-4-3-5-7-16/h3-14H,15H2,1-2H3,(H,24,25). The normalized spacial score (nSPS) is 10.1. The molecule has 0 heterocycles. The number of benzene rings is 3. The molecule has 0 aliphatic carbocycles. The van der Waals surface area contributed by atoms with Crippen molar-refractivity contribution in [2.45, 2.75) is 0 Å². The van der Waals surface area contributed by atoms with E-state index >= 15 is 0 Å². The molecule has 29 heavy (non-hydrogen) atoms. The fraction of sp³-hybridized carbons (Fsp3) is 0.130. The highest BCUT2D eigenvalue weighted by atomic mass is 16.5. The lowest BCUT2D eigenvalue weighted by Crippen LogP contribution is -2.20. The summed E-state index contributed by atoms with van der Waals surface area (Å²) in [7, 11) is 3.07. The minimum absolute atomic E-state index is 0.0681. The van der Waals surface area contributed by atoms with Crippen LogP contribution in [0.5, 0.6) is 17.2 Å². The highest BCUT2D eigenvalue weighted by Gasteiger charge is 2.11. The van der Waals surface area contributed by atoms with Gasteiger partial charge in [-0.25, -0.2) is 0 Å². The Hall–Kier alpha value is -3.80. The van der Waals surface area contributed by atoms with Crippen LogP contribution in [0.25, 0.3) is 0 Å². The number of ether oxygens (including phenoxy) is 3. The number of hydrogen-bond acceptors (Lipinski definition) is 5. The minimum Gasteiger partial charge on any atom is -0.497 e. The van der Waals surface area contributed by atoms with Gasteiger partial charge in [0.2, 0.25) is 0 Å². The van der Waals surface area contributed by atoms with Crippen LogP contribution < -0.4 is 19.5 Å². The second kappa shape index (κ2) is 9.41. The van der Waals surface area contributed by atoms with Crippen LogP contribution in [0.1, 0.15) is 15.9 Å². The zero-order valence-corrected chi connectivity index (χ0v) is 16.2. The molecule has 3 aromatic rings. The van der Waals surface area contributed by atoms with E-state index in [1.54, 1.807) is 61.7 Å². The van der Waals surface area contributed by atoms with E-state index in [1.165, 1.54) is 7.11 Å². The Balaban J connectivity index is 1.57. The van der Waals surface area contributed by atoms with Crippen molar-refractivity contribution in [2.75, 3.05) is 26.1 Å². The summed E-state index contributed by atoms with van der Waals surface area (Å²) in [5, 5.41) is 2.74. The lowest BCUT2D eigenvalue weighted by Gasteiger charge is -2.12. The van der Waals surface area contributed by atoms with Gasteiger partial charge in [0.1, 0.15) is 17.2 Å². The fourth-order valence-electron chi connectivity index (χ4n) is 2.70. The summed E-state index contributed by atoms with van der Waals surface area (Å²) < 4.78 is 15.9. The second-order valence-corrected chi connectivity index (χ2v) is 6.12. The van der Waals surface area contributed by atoms with Gasteiger partial charge in [0.25, 0.3) is 5.91 Å². The van der Waals surface area contributed by atoms with E-state index < -0.39 is 0 Å². The molecule has 0 atom stereocenters. The molecule has 0 aromatic heterocycles. The molecule has 3 aromatic carbocycles. The first kappa shape index (κ1) is 19.9. The first-order valence-electron chi connectivity index (χ1n) is 8.95. The molecule has 0 aliphatic rings. The number of nitrogens with one attached hydrogen (secondary N) is 1. The van der Waals surface area contributed by atoms with Gasteiger partial charge >= 0.3 is 0 Å². The Morgan fingerprint density at radius 3 is 2.10 bits per heavy atom. The van der Waals surface area contributed by atoms with Gasteiger partial charge in [-0.05, 0) is 36.4 Å². The number of carbonyl (C=O) groups is 2. The van der Waals surface area contributed by atoms with E-state index in [2.05, 4.69) is 5.32 Å². The monoisotopic (exact) mass is 391 g/mol. The van der Waals surface area contributed by atoms with Gasteiger partial charge in [0.05, 0.1) is 19.9 Å². The van der Waals surface area contributed by atoms with E-state index in [9.17, 15) is 9.59 Å². The van der Waals surface area contributed by atoms with Crippen molar-refractivity contribution in [2.24, 2.45) is 0 Å². The number of amides is 1. The Morgan fingerprint density at radius 2 is 1.45 bits per heavy atom. The van der Waals surface area contributed by atoms with Crippen LogP contribution >= 0.6 is 0 Å². The SMILES string of the molecule is COc1ccc(NC(=O)COc2ccc(C(=O)c3ccccc3)cc2)c(OC)c1. The quantitative estimate of drug-likeness (QED) is 0.589. The molecular formula is C23H21NO5. The number of methoxy groups -OCH3 is 2. The van der Waals surface area contributed by atoms with Crippen LogP contribution in [-0.4, -0.2) is 32.5 Å². The third kappa shape index (κ3) is 5.13. The molecule has 0 fully saturated rings. The van der Waals surface area contributed by atoms with Crippen LogP contribution in [0.4, 0.5) is 5.69 Å². The Morgan fingerprint density at radius 1 is 0.793 bits per heavy atom. The molecule has 0 radical (unpaired) electrons. The van der Waals surface area contributed by atoms with Crippen molar-refractivity contribution in [3.63, 3.8) is 0 Å². The molecule has 0 saturated carbocycles. The third-order valence-corrected chi connectivity index (χ3v) is 4.21. The van der Waals surface area contributed by atoms with E-state index in [1.807, 2.05) is 18.2 Å². The maximum absolute atomic E-state index is 12.4. The lowest BCUT2D eigenvalue weighted by atomic mass is 10.0. The zero-order valence-electron chi connectivity index (χ0n) is 16.2. The summed E-state index contributed by atoms with van der Waals surface area (Å²) >= 11 is 0. The van der Waals surface area contributed by atoms with Crippen LogP contribution in [0, 0.1) is 0 Å². The van der Waals surface area contributed by atoms with Crippen LogP contribution in [0.2, 0.25) is 0 Å². The maximum atomic E-state index is 12.4. The molecule has 0 bridgehead atoms. The van der Waals surface area contributed by atoms with Crippen molar-refractivity contribution in [1.29, 1.82) is 0 Å². The van der Waals surface area contributed by atoms with Gasteiger partial charge in [0.15, 0.2) is 12.4 Å². The Kier molecular flexibility index (Phi) is 6.47. The lowest BCUT2D eigenvalue weighted by molar-refractivity contribution is -0.118. The van der Waals surface area contributed by atoms with E-state index in [-0.39, 0.29) is 18.3 Å². The molecule has 0 unspecified atom stereocenters. The van der Waals surface area contributed by atoms with Gasteiger partial charge < -0.3 is 19.5 Å². The third-order valence-electron chi connectivity index (χ3n) is 4.21. The van der Waals surface area contributed by atoms with E-state index in [0.29, 0.717) is 34.1 Å². The molecule has 0 saturated heterocycles. The van der Waals surface area contributed by atoms with Crippen molar-refractivity contribution in [3.8, 4) is 17.2 Å². The molecule has 0 spiro atoms. The van der Waals surface area contributed by atoms with E-state index in [0.717, 1.165) is 0 Å². The van der Waals surface area contributed by atoms with E-state index in [4.69, 9.17) is 14.2 Å². The minimum atomic E-state index is -0.335. The first-order valence-corrected chi connectivity index (χ1v) is 8.95. The predicted octanol–water partition coefficient (Wildman–Crippen LogP) is 3.95. The Labute approximate surface area is 169 Å². The van der Waals surface area contributed by atoms with Gasteiger partial charge in [-0.3, -0.25) is 9.59 Å². The predicted molar refractivity (Wildman–Crippen MR) is 110 cm³/mol. The molecular weight excluding hydrogens is 370 g/mol. The summed E-state index contributed by atoms with van der Waals surface area (Å²) in [5.74, 6) is 1.20. The van der Waals surface area contributed by atoms with Gasteiger partial charge in [-0.15, -0.1) is 0 Å². The topological polar surface area (TPSA) is 73.9 Å².